The number of hydrogen-bond donors (Lipinski definition) is 1. The molecule has 0 aliphatic carbocycles. The molecular weight excluding hydrogens is 210 g/mol. The molecule has 1 heterocycles. The van der Waals surface area contributed by atoms with E-state index >= 15 is 0 Å². The molecule has 0 aromatic heterocycles. The highest BCUT2D eigenvalue weighted by Gasteiger charge is 2.34. The van der Waals surface area contributed by atoms with Gasteiger partial charge in [-0.05, 0) is 13.8 Å². The summed E-state index contributed by atoms with van der Waals surface area (Å²) in [5, 5.41) is 3.09. The number of carbonyl (C=O) groups excluding carboxylic acids is 1. The number of hydrogen-bond acceptors (Lipinski definition) is 5. The van der Waals surface area contributed by atoms with Crippen LogP contribution in [0.1, 0.15) is 13.8 Å². The van der Waals surface area contributed by atoms with Crippen molar-refractivity contribution in [3.63, 3.8) is 0 Å². The molecule has 1 aliphatic rings. The maximum Gasteiger partial charge on any atom is 0.176 e. The fraction of sp³-hybridized carbons (Fsp3) is 0.909. The zero-order chi connectivity index (χ0) is 11.8. The number of ether oxygens (including phenoxy) is 3. The molecule has 94 valence electrons. The van der Waals surface area contributed by atoms with Gasteiger partial charge in [0.1, 0.15) is 6.10 Å². The van der Waals surface area contributed by atoms with Crippen molar-refractivity contribution in [2.75, 3.05) is 39.6 Å². The molecule has 2 unspecified atom stereocenters. The zero-order valence-corrected chi connectivity index (χ0v) is 10.0. The normalized spacial score (nSPS) is 25.2. The van der Waals surface area contributed by atoms with Gasteiger partial charge in [0, 0.05) is 13.2 Å². The standard InChI is InChI=1S/C11H21NO4/c1-3-14-5-6-16-11-9(8-15-4-2)12-7-10(11)13/h9,11-12H,3-8H2,1-2H3. The summed E-state index contributed by atoms with van der Waals surface area (Å²) in [5.41, 5.74) is 0. The van der Waals surface area contributed by atoms with Crippen molar-refractivity contribution >= 4 is 5.78 Å². The van der Waals surface area contributed by atoms with Crippen LogP contribution < -0.4 is 5.32 Å². The Morgan fingerprint density at radius 1 is 1.25 bits per heavy atom. The van der Waals surface area contributed by atoms with Crippen molar-refractivity contribution in [2.45, 2.75) is 26.0 Å². The predicted octanol–water partition coefficient (Wildman–Crippen LogP) is -0.0145. The van der Waals surface area contributed by atoms with Gasteiger partial charge in [-0.2, -0.15) is 0 Å². The van der Waals surface area contributed by atoms with Gasteiger partial charge in [0.2, 0.25) is 0 Å². The van der Waals surface area contributed by atoms with Gasteiger partial charge in [-0.1, -0.05) is 0 Å². The van der Waals surface area contributed by atoms with E-state index in [1.54, 1.807) is 0 Å². The lowest BCUT2D eigenvalue weighted by atomic mass is 10.2. The first-order chi connectivity index (χ1) is 7.79. The van der Waals surface area contributed by atoms with Crippen molar-refractivity contribution in [3.8, 4) is 0 Å². The van der Waals surface area contributed by atoms with Gasteiger partial charge in [-0.25, -0.2) is 0 Å². The smallest absolute Gasteiger partial charge is 0.176 e. The maximum atomic E-state index is 11.5. The Kier molecular flexibility index (Phi) is 6.56. The lowest BCUT2D eigenvalue weighted by molar-refractivity contribution is -0.128. The average Bonchev–Trinajstić information content (AvgIpc) is 2.63. The molecule has 0 aromatic rings. The second-order valence-corrected chi connectivity index (χ2v) is 3.60. The highest BCUT2D eigenvalue weighted by molar-refractivity contribution is 5.88. The van der Waals surface area contributed by atoms with Crippen LogP contribution in [-0.2, 0) is 19.0 Å². The van der Waals surface area contributed by atoms with Crippen LogP contribution >= 0.6 is 0 Å². The molecule has 16 heavy (non-hydrogen) atoms. The topological polar surface area (TPSA) is 56.8 Å². The highest BCUT2D eigenvalue weighted by atomic mass is 16.5. The first-order valence-electron chi connectivity index (χ1n) is 5.82. The van der Waals surface area contributed by atoms with E-state index in [1.807, 2.05) is 13.8 Å². The predicted molar refractivity (Wildman–Crippen MR) is 59.5 cm³/mol. The van der Waals surface area contributed by atoms with Gasteiger partial charge in [0.25, 0.3) is 0 Å². The molecule has 1 rings (SSSR count). The van der Waals surface area contributed by atoms with E-state index in [0.29, 0.717) is 39.6 Å². The molecule has 2 atom stereocenters. The van der Waals surface area contributed by atoms with E-state index in [1.165, 1.54) is 0 Å². The van der Waals surface area contributed by atoms with Crippen LogP contribution in [0.25, 0.3) is 0 Å². The highest BCUT2D eigenvalue weighted by Crippen LogP contribution is 2.08. The molecule has 1 saturated heterocycles. The second kappa shape index (κ2) is 7.73. The van der Waals surface area contributed by atoms with Crippen LogP contribution in [0.5, 0.6) is 0 Å². The van der Waals surface area contributed by atoms with Gasteiger partial charge in [0.05, 0.1) is 32.4 Å². The second-order valence-electron chi connectivity index (χ2n) is 3.60. The van der Waals surface area contributed by atoms with Crippen molar-refractivity contribution in [3.05, 3.63) is 0 Å². The minimum atomic E-state index is -0.382. The molecular formula is C11H21NO4. The molecule has 0 bridgehead atoms. The zero-order valence-electron chi connectivity index (χ0n) is 10.0. The Labute approximate surface area is 96.4 Å². The Hall–Kier alpha value is -0.490. The Balaban J connectivity index is 2.26. The summed E-state index contributed by atoms with van der Waals surface area (Å²) in [6, 6.07) is -0.0194. The summed E-state index contributed by atoms with van der Waals surface area (Å²) < 4.78 is 16.0. The summed E-state index contributed by atoms with van der Waals surface area (Å²) in [6.07, 6.45) is -0.382. The van der Waals surface area contributed by atoms with E-state index < -0.39 is 0 Å². The Morgan fingerprint density at radius 2 is 2.00 bits per heavy atom. The van der Waals surface area contributed by atoms with Crippen molar-refractivity contribution in [1.82, 2.24) is 5.32 Å². The summed E-state index contributed by atoms with van der Waals surface area (Å²) in [6.45, 7) is 7.05. The third kappa shape index (κ3) is 4.17. The largest absolute Gasteiger partial charge is 0.380 e. The minimum Gasteiger partial charge on any atom is -0.380 e. The molecule has 5 heteroatoms. The summed E-state index contributed by atoms with van der Waals surface area (Å²) in [5.74, 6) is 0.0983. The number of nitrogens with one attached hydrogen (secondary N) is 1. The van der Waals surface area contributed by atoms with Crippen LogP contribution in [0.3, 0.4) is 0 Å². The first kappa shape index (κ1) is 13.6. The van der Waals surface area contributed by atoms with E-state index in [9.17, 15) is 4.79 Å². The fourth-order valence-corrected chi connectivity index (χ4v) is 1.64. The molecule has 0 spiro atoms. The van der Waals surface area contributed by atoms with Gasteiger partial charge >= 0.3 is 0 Å². The molecule has 1 aliphatic heterocycles. The average molecular weight is 231 g/mol. The van der Waals surface area contributed by atoms with Gasteiger partial charge in [-0.15, -0.1) is 0 Å². The number of carbonyl (C=O) groups is 1. The Bertz CT molecular complexity index is 210. The fourth-order valence-electron chi connectivity index (χ4n) is 1.64. The van der Waals surface area contributed by atoms with E-state index in [0.717, 1.165) is 0 Å². The Morgan fingerprint density at radius 3 is 2.69 bits per heavy atom. The van der Waals surface area contributed by atoms with Gasteiger partial charge in [0.15, 0.2) is 5.78 Å². The molecule has 0 saturated carbocycles. The van der Waals surface area contributed by atoms with Crippen LogP contribution in [0.2, 0.25) is 0 Å². The minimum absolute atomic E-state index is 0.0194. The third-order valence-electron chi connectivity index (χ3n) is 2.45. The molecule has 5 nitrogen and oxygen atoms in total. The quantitative estimate of drug-likeness (QED) is 0.595. The lowest BCUT2D eigenvalue weighted by Gasteiger charge is -2.18. The van der Waals surface area contributed by atoms with Gasteiger partial charge in [-0.3, -0.25) is 4.79 Å². The van der Waals surface area contributed by atoms with Crippen LogP contribution in [0.4, 0.5) is 0 Å². The summed E-state index contributed by atoms with van der Waals surface area (Å²) in [4.78, 5) is 11.5. The van der Waals surface area contributed by atoms with E-state index in [2.05, 4.69) is 5.32 Å². The van der Waals surface area contributed by atoms with Crippen molar-refractivity contribution in [2.24, 2.45) is 0 Å². The van der Waals surface area contributed by atoms with E-state index in [4.69, 9.17) is 14.2 Å². The van der Waals surface area contributed by atoms with Crippen LogP contribution in [-0.4, -0.2) is 57.5 Å². The summed E-state index contributed by atoms with van der Waals surface area (Å²) >= 11 is 0. The third-order valence-corrected chi connectivity index (χ3v) is 2.45. The lowest BCUT2D eigenvalue weighted by Crippen LogP contribution is -2.38. The molecule has 1 N–H and O–H groups in total. The summed E-state index contributed by atoms with van der Waals surface area (Å²) in [7, 11) is 0. The van der Waals surface area contributed by atoms with Crippen molar-refractivity contribution in [1.29, 1.82) is 0 Å². The van der Waals surface area contributed by atoms with Crippen molar-refractivity contribution < 1.29 is 19.0 Å². The van der Waals surface area contributed by atoms with Crippen LogP contribution in [0.15, 0.2) is 0 Å². The monoisotopic (exact) mass is 231 g/mol. The number of Topliss-reactive ketones (excluding diaryl/α,β-unsaturated/α-hetero) is 1. The molecule has 0 radical (unpaired) electrons. The first-order valence-corrected chi connectivity index (χ1v) is 5.82. The van der Waals surface area contributed by atoms with E-state index in [-0.39, 0.29) is 17.9 Å². The molecule has 1 fully saturated rings. The van der Waals surface area contributed by atoms with Crippen LogP contribution in [0, 0.1) is 0 Å². The number of ketones is 1. The molecule has 0 amide bonds. The van der Waals surface area contributed by atoms with Gasteiger partial charge < -0.3 is 19.5 Å². The maximum absolute atomic E-state index is 11.5. The molecule has 0 aromatic carbocycles. The SMILES string of the molecule is CCOCCOC1C(=O)CNC1COCC. The number of rotatable bonds is 8.